The molecule has 0 aromatic heterocycles. The van der Waals surface area contributed by atoms with Crippen molar-refractivity contribution in [2.24, 2.45) is 5.41 Å². The van der Waals surface area contributed by atoms with Crippen LogP contribution in [0.3, 0.4) is 0 Å². The molecule has 0 heterocycles. The minimum Gasteiger partial charge on any atom is -0.426 e. The molecular formula is C25H31NO9S. The van der Waals surface area contributed by atoms with Gasteiger partial charge >= 0.3 is 11.9 Å². The van der Waals surface area contributed by atoms with Gasteiger partial charge in [0.25, 0.3) is 10.1 Å². The first-order valence-electron chi connectivity index (χ1n) is 11.2. The number of carbonyl (C=O) groups is 3. The van der Waals surface area contributed by atoms with Crippen LogP contribution in [-0.2, 0) is 33.4 Å². The Bertz CT molecular complexity index is 1150. The van der Waals surface area contributed by atoms with Crippen LogP contribution >= 0.6 is 0 Å². The molecule has 0 bridgehead atoms. The predicted octanol–water partition coefficient (Wildman–Crippen LogP) is 2.27. The van der Waals surface area contributed by atoms with Crippen LogP contribution in [0.5, 0.6) is 0 Å². The zero-order chi connectivity index (χ0) is 26.8. The lowest BCUT2D eigenvalue weighted by Gasteiger charge is -2.28. The van der Waals surface area contributed by atoms with Gasteiger partial charge in [0.15, 0.2) is 6.10 Å². The van der Waals surface area contributed by atoms with Crippen molar-refractivity contribution in [1.29, 1.82) is 0 Å². The van der Waals surface area contributed by atoms with Crippen molar-refractivity contribution in [2.75, 3.05) is 25.7 Å². The summed E-state index contributed by atoms with van der Waals surface area (Å²) in [5.41, 5.74) is 0.402. The van der Waals surface area contributed by atoms with Crippen molar-refractivity contribution in [3.8, 4) is 11.1 Å². The summed E-state index contributed by atoms with van der Waals surface area (Å²) < 4.78 is 39.0. The van der Waals surface area contributed by atoms with Crippen molar-refractivity contribution in [3.05, 3.63) is 60.2 Å². The second-order valence-corrected chi connectivity index (χ2v) is 10.4. The summed E-state index contributed by atoms with van der Waals surface area (Å²) in [5, 5.41) is 12.8. The van der Waals surface area contributed by atoms with Gasteiger partial charge < -0.3 is 19.9 Å². The van der Waals surface area contributed by atoms with Gasteiger partial charge in [-0.2, -0.15) is 8.42 Å². The molecule has 0 aliphatic carbocycles. The fraction of sp³-hybridized carbons (Fsp3) is 0.400. The van der Waals surface area contributed by atoms with Crippen LogP contribution in [0.2, 0.25) is 0 Å². The van der Waals surface area contributed by atoms with Crippen LogP contribution in [0.15, 0.2) is 54.6 Å². The summed E-state index contributed by atoms with van der Waals surface area (Å²) in [6, 6.07) is 16.0. The van der Waals surface area contributed by atoms with E-state index in [1.807, 2.05) is 30.3 Å². The van der Waals surface area contributed by atoms with Gasteiger partial charge in [-0.05, 0) is 23.6 Å². The third kappa shape index (κ3) is 9.06. The average molecular weight is 522 g/mol. The number of benzene rings is 2. The third-order valence-corrected chi connectivity index (χ3v) is 6.41. The Morgan fingerprint density at radius 2 is 1.64 bits per heavy atom. The van der Waals surface area contributed by atoms with Crippen LogP contribution in [0.1, 0.15) is 37.6 Å². The largest absolute Gasteiger partial charge is 0.426 e. The van der Waals surface area contributed by atoms with Crippen LogP contribution < -0.4 is 5.32 Å². The van der Waals surface area contributed by atoms with Gasteiger partial charge in [0.05, 0.1) is 17.9 Å². The molecule has 2 rings (SSSR count). The number of aliphatic hydroxyl groups is 1. The maximum Gasteiger partial charge on any atom is 0.341 e. The van der Waals surface area contributed by atoms with Gasteiger partial charge in [-0.25, -0.2) is 9.59 Å². The lowest BCUT2D eigenvalue weighted by Crippen LogP contribution is -2.42. The van der Waals surface area contributed by atoms with Crippen molar-refractivity contribution in [2.45, 2.75) is 33.3 Å². The Morgan fingerprint density at radius 1 is 1.00 bits per heavy atom. The number of esters is 2. The highest BCUT2D eigenvalue weighted by Crippen LogP contribution is 2.25. The number of amides is 1. The first kappa shape index (κ1) is 29.0. The molecule has 2 aromatic carbocycles. The van der Waals surface area contributed by atoms with Gasteiger partial charge in [-0.3, -0.25) is 8.98 Å². The Balaban J connectivity index is 1.86. The fourth-order valence-electron chi connectivity index (χ4n) is 3.04. The van der Waals surface area contributed by atoms with Crippen molar-refractivity contribution >= 4 is 28.0 Å². The SMILES string of the molecule is CC(=O)NCCCS(=O)(=O)OCC(C)(C)[C@@H](O)C(=O)OCOC(=O)c1ccccc1-c1ccccc1. The molecular weight excluding hydrogens is 490 g/mol. The summed E-state index contributed by atoms with van der Waals surface area (Å²) in [6.07, 6.45) is -1.60. The van der Waals surface area contributed by atoms with Crippen molar-refractivity contribution in [1.82, 2.24) is 5.32 Å². The summed E-state index contributed by atoms with van der Waals surface area (Å²) in [6.45, 7) is 3.11. The normalized spacial score (nSPS) is 12.4. The minimum absolute atomic E-state index is 0.145. The number of aliphatic hydroxyl groups excluding tert-OH is 1. The molecule has 10 nitrogen and oxygen atoms in total. The molecule has 2 N–H and O–H groups in total. The van der Waals surface area contributed by atoms with Crippen LogP contribution in [-0.4, -0.2) is 63.2 Å². The molecule has 0 aliphatic heterocycles. The van der Waals surface area contributed by atoms with E-state index >= 15 is 0 Å². The van der Waals surface area contributed by atoms with Crippen LogP contribution in [0.4, 0.5) is 0 Å². The first-order chi connectivity index (χ1) is 16.9. The number of ether oxygens (including phenoxy) is 2. The van der Waals surface area contributed by atoms with Gasteiger partial charge in [0, 0.05) is 18.9 Å². The van der Waals surface area contributed by atoms with E-state index in [1.165, 1.54) is 20.8 Å². The molecule has 11 heteroatoms. The van der Waals surface area contributed by atoms with Gasteiger partial charge in [0.2, 0.25) is 12.7 Å². The highest BCUT2D eigenvalue weighted by Gasteiger charge is 2.37. The summed E-state index contributed by atoms with van der Waals surface area (Å²) in [4.78, 5) is 35.7. The summed E-state index contributed by atoms with van der Waals surface area (Å²) in [7, 11) is -3.94. The second-order valence-electron chi connectivity index (χ2n) is 8.68. The topological polar surface area (TPSA) is 145 Å². The standard InChI is InChI=1S/C25H31NO9S/c1-18(27)26-14-9-15-36(31,32)35-16-25(2,3)22(28)24(30)34-17-33-23(29)21-13-8-7-12-20(21)19-10-5-4-6-11-19/h4-8,10-13,22,28H,9,14-17H2,1-3H3,(H,26,27)/t22-/m0/s1. The molecule has 1 amide bonds. The molecule has 36 heavy (non-hydrogen) atoms. The zero-order valence-corrected chi connectivity index (χ0v) is 21.2. The van der Waals surface area contributed by atoms with Crippen LogP contribution in [0.25, 0.3) is 11.1 Å². The maximum absolute atomic E-state index is 12.6. The van der Waals surface area contributed by atoms with Gasteiger partial charge in [0.1, 0.15) is 0 Å². The molecule has 0 spiro atoms. The Morgan fingerprint density at radius 3 is 2.31 bits per heavy atom. The Hall–Kier alpha value is -3.28. The lowest BCUT2D eigenvalue weighted by molar-refractivity contribution is -0.169. The van der Waals surface area contributed by atoms with E-state index in [1.54, 1.807) is 24.3 Å². The van der Waals surface area contributed by atoms with Crippen molar-refractivity contribution in [3.63, 3.8) is 0 Å². The quantitative estimate of drug-likeness (QED) is 0.175. The first-order valence-corrected chi connectivity index (χ1v) is 12.8. The molecule has 2 aromatic rings. The number of hydrogen-bond acceptors (Lipinski definition) is 9. The number of rotatable bonds is 13. The van der Waals surface area contributed by atoms with E-state index in [4.69, 9.17) is 13.7 Å². The number of carbonyl (C=O) groups excluding carboxylic acids is 3. The van der Waals surface area contributed by atoms with E-state index < -0.39 is 47.0 Å². The molecule has 1 atom stereocenters. The van der Waals surface area contributed by atoms with E-state index in [9.17, 15) is 27.9 Å². The van der Waals surface area contributed by atoms with Gasteiger partial charge in [-0.1, -0.05) is 62.4 Å². The maximum atomic E-state index is 12.6. The molecule has 0 aliphatic rings. The number of hydrogen-bond donors (Lipinski definition) is 2. The molecule has 0 saturated carbocycles. The zero-order valence-electron chi connectivity index (χ0n) is 20.4. The summed E-state index contributed by atoms with van der Waals surface area (Å²) >= 11 is 0. The molecule has 0 unspecified atom stereocenters. The van der Waals surface area contributed by atoms with Gasteiger partial charge in [-0.15, -0.1) is 0 Å². The highest BCUT2D eigenvalue weighted by molar-refractivity contribution is 7.86. The minimum atomic E-state index is -3.94. The van der Waals surface area contributed by atoms with E-state index in [0.29, 0.717) is 5.56 Å². The third-order valence-electron chi connectivity index (χ3n) is 5.14. The smallest absolute Gasteiger partial charge is 0.341 e. The molecule has 0 fully saturated rings. The monoisotopic (exact) mass is 521 g/mol. The predicted molar refractivity (Wildman–Crippen MR) is 131 cm³/mol. The second kappa shape index (κ2) is 13.1. The van der Waals surface area contributed by atoms with Crippen LogP contribution in [0, 0.1) is 5.41 Å². The molecule has 0 radical (unpaired) electrons. The lowest BCUT2D eigenvalue weighted by atomic mass is 9.88. The molecule has 196 valence electrons. The fourth-order valence-corrected chi connectivity index (χ4v) is 4.14. The molecule has 0 saturated heterocycles. The van der Waals surface area contributed by atoms with E-state index in [-0.39, 0.29) is 30.2 Å². The highest BCUT2D eigenvalue weighted by atomic mass is 32.2. The Kier molecular flexibility index (Phi) is 10.6. The van der Waals surface area contributed by atoms with E-state index in [0.717, 1.165) is 5.56 Å². The number of nitrogens with one attached hydrogen (secondary N) is 1. The summed E-state index contributed by atoms with van der Waals surface area (Å²) in [5.74, 6) is -2.44. The van der Waals surface area contributed by atoms with Crippen molar-refractivity contribution < 1.29 is 41.6 Å². The Labute approximate surface area is 210 Å². The van der Waals surface area contributed by atoms with E-state index in [2.05, 4.69) is 5.32 Å². The average Bonchev–Trinajstić information content (AvgIpc) is 2.85.